The van der Waals surface area contributed by atoms with Crippen molar-refractivity contribution in [2.45, 2.75) is 12.2 Å². The van der Waals surface area contributed by atoms with Gasteiger partial charge < -0.3 is 29.2 Å². The molecule has 2 heterocycles. The van der Waals surface area contributed by atoms with E-state index in [0.717, 1.165) is 0 Å². The highest BCUT2D eigenvalue weighted by Crippen LogP contribution is 2.38. The summed E-state index contributed by atoms with van der Waals surface area (Å²) in [6.45, 7) is 0.0678. The standard InChI is InChI=1S/C18H14O7/c19-11-3-1-10(5-12(11)20)18(22)16-8-23-14-7-13-9(6-15(14)24-16)2-4-17(21)25-13/h1-7,16,18-20,22H,8H2/t16-,18-/m0/s1. The third-order valence-electron chi connectivity index (χ3n) is 4.06. The van der Waals surface area contributed by atoms with E-state index in [4.69, 9.17) is 13.9 Å². The summed E-state index contributed by atoms with van der Waals surface area (Å²) < 4.78 is 16.5. The van der Waals surface area contributed by atoms with Gasteiger partial charge >= 0.3 is 5.63 Å². The second-order valence-electron chi connectivity index (χ2n) is 5.75. The second kappa shape index (κ2) is 5.71. The number of aliphatic hydroxyl groups is 1. The van der Waals surface area contributed by atoms with Crippen molar-refractivity contribution in [3.8, 4) is 23.0 Å². The molecule has 0 unspecified atom stereocenters. The molecule has 0 fully saturated rings. The van der Waals surface area contributed by atoms with E-state index in [1.165, 1.54) is 24.3 Å². The largest absolute Gasteiger partial charge is 0.504 e. The van der Waals surface area contributed by atoms with Crippen LogP contribution in [-0.4, -0.2) is 28.0 Å². The van der Waals surface area contributed by atoms with Gasteiger partial charge in [-0.15, -0.1) is 0 Å². The quantitative estimate of drug-likeness (QED) is 0.483. The van der Waals surface area contributed by atoms with E-state index in [9.17, 15) is 20.1 Å². The highest BCUT2D eigenvalue weighted by atomic mass is 16.6. The molecule has 0 amide bonds. The Labute approximate surface area is 141 Å². The topological polar surface area (TPSA) is 109 Å². The van der Waals surface area contributed by atoms with Crippen LogP contribution in [0.3, 0.4) is 0 Å². The maximum Gasteiger partial charge on any atom is 0.336 e. The van der Waals surface area contributed by atoms with E-state index < -0.39 is 17.8 Å². The Bertz CT molecular complexity index is 1010. The smallest absolute Gasteiger partial charge is 0.336 e. The van der Waals surface area contributed by atoms with Gasteiger partial charge in [-0.2, -0.15) is 0 Å². The number of rotatable bonds is 2. The minimum atomic E-state index is -1.07. The molecular formula is C18H14O7. The third kappa shape index (κ3) is 2.74. The van der Waals surface area contributed by atoms with E-state index in [2.05, 4.69) is 0 Å². The molecule has 0 radical (unpaired) electrons. The molecule has 0 saturated heterocycles. The number of phenols is 2. The van der Waals surface area contributed by atoms with Crippen molar-refractivity contribution in [1.29, 1.82) is 0 Å². The molecular weight excluding hydrogens is 328 g/mol. The SMILES string of the molecule is O=c1ccc2cc3c(cc2o1)OC[C@@H]([C@@H](O)c1ccc(O)c(O)c1)O3. The fourth-order valence-corrected chi connectivity index (χ4v) is 2.74. The van der Waals surface area contributed by atoms with Crippen molar-refractivity contribution in [2.75, 3.05) is 6.61 Å². The molecule has 1 aliphatic heterocycles. The van der Waals surface area contributed by atoms with Crippen molar-refractivity contribution >= 4 is 11.0 Å². The summed E-state index contributed by atoms with van der Waals surface area (Å²) in [4.78, 5) is 11.3. The summed E-state index contributed by atoms with van der Waals surface area (Å²) in [5.41, 5.74) is 0.320. The first kappa shape index (κ1) is 15.3. The van der Waals surface area contributed by atoms with Crippen LogP contribution in [0, 0.1) is 0 Å². The molecule has 2 atom stereocenters. The van der Waals surface area contributed by atoms with Crippen LogP contribution in [-0.2, 0) is 0 Å². The summed E-state index contributed by atoms with van der Waals surface area (Å²) in [5, 5.41) is 30.1. The Balaban J connectivity index is 1.64. The van der Waals surface area contributed by atoms with Gasteiger partial charge in [-0.3, -0.25) is 0 Å². The number of benzene rings is 2. The zero-order chi connectivity index (χ0) is 17.6. The van der Waals surface area contributed by atoms with Crippen molar-refractivity contribution in [1.82, 2.24) is 0 Å². The molecule has 128 valence electrons. The van der Waals surface area contributed by atoms with Crippen LogP contribution in [0.4, 0.5) is 0 Å². The predicted molar refractivity (Wildman–Crippen MR) is 87.1 cm³/mol. The molecule has 0 spiro atoms. The normalized spacial score (nSPS) is 17.4. The Kier molecular flexibility index (Phi) is 3.51. The number of phenolic OH excluding ortho intramolecular Hbond substituents is 2. The zero-order valence-corrected chi connectivity index (χ0v) is 12.9. The van der Waals surface area contributed by atoms with Crippen LogP contribution >= 0.6 is 0 Å². The molecule has 1 aliphatic rings. The molecule has 7 nitrogen and oxygen atoms in total. The average Bonchev–Trinajstić information content (AvgIpc) is 2.61. The molecule has 0 aliphatic carbocycles. The number of hydrogen-bond acceptors (Lipinski definition) is 7. The van der Waals surface area contributed by atoms with Gasteiger partial charge in [0.05, 0.1) is 0 Å². The number of fused-ring (bicyclic) bond motifs is 2. The minimum Gasteiger partial charge on any atom is -0.504 e. The summed E-state index contributed by atoms with van der Waals surface area (Å²) in [5.74, 6) is 0.239. The lowest BCUT2D eigenvalue weighted by Gasteiger charge is -2.30. The molecule has 0 bridgehead atoms. The van der Waals surface area contributed by atoms with Gasteiger partial charge in [0.2, 0.25) is 0 Å². The minimum absolute atomic E-state index is 0.0678. The second-order valence-corrected chi connectivity index (χ2v) is 5.75. The van der Waals surface area contributed by atoms with E-state index in [-0.39, 0.29) is 18.1 Å². The summed E-state index contributed by atoms with van der Waals surface area (Å²) >= 11 is 0. The molecule has 3 aromatic rings. The Hall–Kier alpha value is -3.19. The maximum absolute atomic E-state index is 11.3. The van der Waals surface area contributed by atoms with Crippen LogP contribution in [0.5, 0.6) is 23.0 Å². The van der Waals surface area contributed by atoms with Gasteiger partial charge in [0.25, 0.3) is 0 Å². The highest BCUT2D eigenvalue weighted by Gasteiger charge is 2.29. The Morgan fingerprint density at radius 2 is 1.84 bits per heavy atom. The number of aliphatic hydroxyl groups excluding tert-OH is 1. The summed E-state index contributed by atoms with van der Waals surface area (Å²) in [7, 11) is 0. The highest BCUT2D eigenvalue weighted by molar-refractivity contribution is 5.80. The molecule has 1 aromatic heterocycles. The van der Waals surface area contributed by atoms with Gasteiger partial charge in [0.15, 0.2) is 29.1 Å². The number of hydrogen-bond donors (Lipinski definition) is 3. The fourth-order valence-electron chi connectivity index (χ4n) is 2.74. The third-order valence-corrected chi connectivity index (χ3v) is 4.06. The number of ether oxygens (including phenoxy) is 2. The lowest BCUT2D eigenvalue weighted by molar-refractivity contribution is -0.0112. The lowest BCUT2D eigenvalue weighted by Crippen LogP contribution is -2.34. The number of aromatic hydroxyl groups is 2. The monoisotopic (exact) mass is 342 g/mol. The van der Waals surface area contributed by atoms with E-state index in [1.807, 2.05) is 0 Å². The first-order chi connectivity index (χ1) is 12.0. The van der Waals surface area contributed by atoms with Crippen LogP contribution < -0.4 is 15.1 Å². The van der Waals surface area contributed by atoms with Gasteiger partial charge in [0, 0.05) is 17.5 Å². The Morgan fingerprint density at radius 1 is 1.00 bits per heavy atom. The molecule has 0 saturated carbocycles. The van der Waals surface area contributed by atoms with Gasteiger partial charge in [-0.05, 0) is 29.8 Å². The van der Waals surface area contributed by atoms with Gasteiger partial charge in [-0.1, -0.05) is 6.07 Å². The predicted octanol–water partition coefficient (Wildman–Crippen LogP) is 2.08. The van der Waals surface area contributed by atoms with Gasteiger partial charge in [0.1, 0.15) is 18.3 Å². The van der Waals surface area contributed by atoms with Crippen LogP contribution in [0.1, 0.15) is 11.7 Å². The van der Waals surface area contributed by atoms with Crippen LogP contribution in [0.25, 0.3) is 11.0 Å². The fraction of sp³-hybridized carbons (Fsp3) is 0.167. The first-order valence-electron chi connectivity index (χ1n) is 7.58. The molecule has 25 heavy (non-hydrogen) atoms. The van der Waals surface area contributed by atoms with Gasteiger partial charge in [-0.25, -0.2) is 4.79 Å². The Morgan fingerprint density at radius 3 is 2.64 bits per heavy atom. The van der Waals surface area contributed by atoms with E-state index in [1.54, 1.807) is 18.2 Å². The van der Waals surface area contributed by atoms with Crippen molar-refractivity contribution < 1.29 is 29.2 Å². The molecule has 7 heteroatoms. The zero-order valence-electron chi connectivity index (χ0n) is 12.9. The van der Waals surface area contributed by atoms with Crippen molar-refractivity contribution in [3.05, 3.63) is 58.4 Å². The average molecular weight is 342 g/mol. The first-order valence-corrected chi connectivity index (χ1v) is 7.58. The molecule has 4 rings (SSSR count). The lowest BCUT2D eigenvalue weighted by atomic mass is 10.0. The van der Waals surface area contributed by atoms with Crippen molar-refractivity contribution in [3.63, 3.8) is 0 Å². The van der Waals surface area contributed by atoms with E-state index in [0.29, 0.717) is 28.0 Å². The van der Waals surface area contributed by atoms with Crippen molar-refractivity contribution in [2.24, 2.45) is 0 Å². The summed E-state index contributed by atoms with van der Waals surface area (Å²) in [6.07, 6.45) is -1.77. The summed E-state index contributed by atoms with van der Waals surface area (Å²) in [6, 6.07) is 10.2. The molecule has 3 N–H and O–H groups in total. The van der Waals surface area contributed by atoms with Crippen LogP contribution in [0.2, 0.25) is 0 Å². The maximum atomic E-state index is 11.3. The van der Waals surface area contributed by atoms with E-state index >= 15 is 0 Å². The molecule has 2 aromatic carbocycles. The van der Waals surface area contributed by atoms with Crippen LogP contribution in [0.15, 0.2) is 51.7 Å².